The van der Waals surface area contributed by atoms with E-state index in [-0.39, 0.29) is 5.69 Å². The van der Waals surface area contributed by atoms with Crippen molar-refractivity contribution in [2.75, 3.05) is 19.7 Å². The molecule has 0 saturated carbocycles. The van der Waals surface area contributed by atoms with Crippen LogP contribution in [0.4, 0.5) is 37.7 Å². The summed E-state index contributed by atoms with van der Waals surface area (Å²) in [6.07, 6.45) is -11.6. The summed E-state index contributed by atoms with van der Waals surface area (Å²) in [4.78, 5) is 4.90. The molecule has 2 N–H and O–H groups in total. The fraction of sp³-hybridized carbons (Fsp3) is 0.333. The van der Waals surface area contributed by atoms with Crippen LogP contribution in [0.15, 0.2) is 41.3 Å². The quantitative estimate of drug-likeness (QED) is 0.446. The van der Waals surface area contributed by atoms with Crippen molar-refractivity contribution in [1.29, 1.82) is 0 Å². The number of halogens is 6. The Kier molecular flexibility index (Phi) is 7.00. The minimum atomic E-state index is -4.98. The van der Waals surface area contributed by atoms with Crippen molar-refractivity contribution in [3.63, 3.8) is 0 Å². The Labute approximate surface area is 200 Å². The minimum absolute atomic E-state index is 0.330. The highest BCUT2D eigenvalue weighted by Crippen LogP contribution is 2.41. The van der Waals surface area contributed by atoms with Crippen LogP contribution in [0.3, 0.4) is 0 Å². The normalized spacial score (nSPS) is 21.1. The molecule has 1 aliphatic rings. The summed E-state index contributed by atoms with van der Waals surface area (Å²) in [5, 5.41) is 20.4. The molecule has 2 atom stereocenters. The Morgan fingerprint density at radius 1 is 1.06 bits per heavy atom. The summed E-state index contributed by atoms with van der Waals surface area (Å²) in [6, 6.07) is 3.63. The smallest absolute Gasteiger partial charge is 0.418 e. The lowest BCUT2D eigenvalue weighted by molar-refractivity contribution is -0.140. The molecule has 0 aliphatic carbocycles. The zero-order chi connectivity index (χ0) is 27.1. The van der Waals surface area contributed by atoms with Crippen molar-refractivity contribution in [2.24, 2.45) is 0 Å². The first-order chi connectivity index (χ1) is 16.6. The average molecular weight is 535 g/mol. The second-order valence-electron chi connectivity index (χ2n) is 7.75. The first kappa shape index (κ1) is 27.2. The molecule has 1 fully saturated rings. The molecule has 0 aromatic heterocycles. The van der Waals surface area contributed by atoms with Gasteiger partial charge in [-0.15, -0.1) is 0 Å². The molecule has 2 aromatic rings. The summed E-state index contributed by atoms with van der Waals surface area (Å²) in [6.45, 7) is 11.1. The van der Waals surface area contributed by atoms with Gasteiger partial charge in [-0.05, 0) is 18.2 Å². The standard InChI is InChI=1S/C21H15F6N3O5S/c1-28-13-4-5-16(14(8-13)21(25,26)27)35-18-9-30(10-19(18,32)11-31)36(33,34)17-6-3-12(20(22,23)24)7-15(17)29-2/h3-8,18,31-32H,9-11H2/t18-,19+/m0/s1. The zero-order valence-electron chi connectivity index (χ0n) is 17.8. The van der Waals surface area contributed by atoms with Crippen molar-refractivity contribution in [3.05, 3.63) is 70.4 Å². The number of sulfonamides is 1. The fourth-order valence-corrected chi connectivity index (χ4v) is 5.12. The topological polar surface area (TPSA) is 95.8 Å². The molecule has 0 spiro atoms. The van der Waals surface area contributed by atoms with E-state index in [2.05, 4.69) is 9.69 Å². The number of benzene rings is 2. The molecule has 0 bridgehead atoms. The van der Waals surface area contributed by atoms with Gasteiger partial charge in [-0.25, -0.2) is 18.1 Å². The van der Waals surface area contributed by atoms with Gasteiger partial charge in [-0.1, -0.05) is 18.2 Å². The second-order valence-corrected chi connectivity index (χ2v) is 9.65. The Morgan fingerprint density at radius 3 is 2.25 bits per heavy atom. The lowest BCUT2D eigenvalue weighted by Gasteiger charge is -2.28. The highest BCUT2D eigenvalue weighted by atomic mass is 32.2. The van der Waals surface area contributed by atoms with Gasteiger partial charge in [0, 0.05) is 12.1 Å². The fourth-order valence-electron chi connectivity index (χ4n) is 3.51. The van der Waals surface area contributed by atoms with Crippen molar-refractivity contribution < 1.29 is 49.7 Å². The predicted molar refractivity (Wildman–Crippen MR) is 111 cm³/mol. The van der Waals surface area contributed by atoms with Crippen LogP contribution in [0.5, 0.6) is 5.75 Å². The largest absolute Gasteiger partial charge is 0.485 e. The highest BCUT2D eigenvalue weighted by molar-refractivity contribution is 7.89. The SMILES string of the molecule is [C-]#[N+]c1ccc(O[C@H]2CN(S(=O)(=O)c3ccc(C(F)(F)F)cc3[N+]#[C-])C[C@@]2(O)CO)c(C(F)(F)F)c1. The molecule has 36 heavy (non-hydrogen) atoms. The molecule has 0 unspecified atom stereocenters. The van der Waals surface area contributed by atoms with Crippen LogP contribution >= 0.6 is 0 Å². The average Bonchev–Trinajstić information content (AvgIpc) is 3.15. The first-order valence-corrected chi connectivity index (χ1v) is 11.2. The van der Waals surface area contributed by atoms with Crippen LogP contribution in [0.25, 0.3) is 9.69 Å². The zero-order valence-corrected chi connectivity index (χ0v) is 18.6. The van der Waals surface area contributed by atoms with Crippen molar-refractivity contribution in [1.82, 2.24) is 4.31 Å². The molecule has 8 nitrogen and oxygen atoms in total. The number of hydrogen-bond acceptors (Lipinski definition) is 5. The van der Waals surface area contributed by atoms with E-state index in [1.165, 1.54) is 0 Å². The third kappa shape index (κ3) is 5.10. The summed E-state index contributed by atoms with van der Waals surface area (Å²) in [7, 11) is -4.76. The maximum atomic E-state index is 13.5. The van der Waals surface area contributed by atoms with Crippen LogP contribution < -0.4 is 4.74 Å². The van der Waals surface area contributed by atoms with E-state index in [0.29, 0.717) is 28.6 Å². The number of β-amino-alcohol motifs (C(OH)–C–C–N with tert-alkyl or cyclic N) is 1. The first-order valence-electron chi connectivity index (χ1n) is 9.74. The molecular weight excluding hydrogens is 520 g/mol. The van der Waals surface area contributed by atoms with Gasteiger partial charge in [0.15, 0.2) is 5.69 Å². The summed E-state index contributed by atoms with van der Waals surface area (Å²) in [5.41, 5.74) is -6.29. The number of aliphatic hydroxyl groups is 2. The van der Waals surface area contributed by atoms with Crippen LogP contribution in [0.2, 0.25) is 0 Å². The number of aliphatic hydroxyl groups excluding tert-OH is 1. The highest BCUT2D eigenvalue weighted by Gasteiger charge is 2.51. The van der Waals surface area contributed by atoms with Gasteiger partial charge in [0.1, 0.15) is 17.5 Å². The number of nitrogens with zero attached hydrogens (tertiary/aromatic N) is 3. The van der Waals surface area contributed by atoms with E-state index in [0.717, 1.165) is 12.1 Å². The summed E-state index contributed by atoms with van der Waals surface area (Å²) >= 11 is 0. The van der Waals surface area contributed by atoms with Gasteiger partial charge in [0.05, 0.1) is 36.8 Å². The summed E-state index contributed by atoms with van der Waals surface area (Å²) in [5.74, 6) is -0.845. The molecule has 0 radical (unpaired) electrons. The van der Waals surface area contributed by atoms with E-state index in [4.69, 9.17) is 17.9 Å². The van der Waals surface area contributed by atoms with E-state index < -0.39 is 81.2 Å². The van der Waals surface area contributed by atoms with Crippen LogP contribution in [0.1, 0.15) is 11.1 Å². The molecule has 1 saturated heterocycles. The number of ether oxygens (including phenoxy) is 1. The number of hydrogen-bond donors (Lipinski definition) is 2. The third-order valence-corrected chi connectivity index (χ3v) is 7.24. The van der Waals surface area contributed by atoms with E-state index in [1.54, 1.807) is 0 Å². The van der Waals surface area contributed by atoms with Crippen LogP contribution in [-0.4, -0.2) is 54.3 Å². The minimum Gasteiger partial charge on any atom is -0.485 e. The van der Waals surface area contributed by atoms with Crippen LogP contribution in [-0.2, 0) is 22.4 Å². The monoisotopic (exact) mass is 535 g/mol. The molecule has 0 amide bonds. The maximum Gasteiger partial charge on any atom is 0.418 e. The molecule has 1 heterocycles. The lowest BCUT2D eigenvalue weighted by atomic mass is 10.0. The predicted octanol–water partition coefficient (Wildman–Crippen LogP) is 4.00. The van der Waals surface area contributed by atoms with E-state index >= 15 is 0 Å². The van der Waals surface area contributed by atoms with Crippen molar-refractivity contribution in [2.45, 2.75) is 29.0 Å². The lowest BCUT2D eigenvalue weighted by Crippen LogP contribution is -2.48. The Bertz CT molecular complexity index is 1360. The van der Waals surface area contributed by atoms with Gasteiger partial charge in [-0.3, -0.25) is 0 Å². The van der Waals surface area contributed by atoms with Gasteiger partial charge >= 0.3 is 12.4 Å². The maximum absolute atomic E-state index is 13.5. The van der Waals surface area contributed by atoms with E-state index in [1.807, 2.05) is 0 Å². The molecule has 2 aromatic carbocycles. The molecular formula is C21H15F6N3O5S. The molecule has 3 rings (SSSR count). The Morgan fingerprint density at radius 2 is 1.72 bits per heavy atom. The number of alkyl halides is 6. The Hall–Kier alpha value is -3.37. The summed E-state index contributed by atoms with van der Waals surface area (Å²) < 4.78 is 111. The Balaban J connectivity index is 2.00. The second kappa shape index (κ2) is 9.25. The van der Waals surface area contributed by atoms with Gasteiger partial charge < -0.3 is 14.9 Å². The van der Waals surface area contributed by atoms with Gasteiger partial charge in [0.25, 0.3) is 0 Å². The molecule has 192 valence electrons. The van der Waals surface area contributed by atoms with Gasteiger partial charge in [-0.2, -0.15) is 30.6 Å². The van der Waals surface area contributed by atoms with Crippen LogP contribution in [0, 0.1) is 13.1 Å². The third-order valence-electron chi connectivity index (χ3n) is 5.38. The van der Waals surface area contributed by atoms with Crippen molar-refractivity contribution >= 4 is 21.4 Å². The number of rotatable bonds is 5. The van der Waals surface area contributed by atoms with Gasteiger partial charge in [0.2, 0.25) is 15.7 Å². The molecule has 15 heteroatoms. The van der Waals surface area contributed by atoms with E-state index in [9.17, 15) is 45.0 Å². The van der Waals surface area contributed by atoms with Crippen molar-refractivity contribution in [3.8, 4) is 5.75 Å². The molecule has 1 aliphatic heterocycles.